The highest BCUT2D eigenvalue weighted by molar-refractivity contribution is 5.94. The molecule has 0 N–H and O–H groups in total. The highest BCUT2D eigenvalue weighted by Gasteiger charge is 2.16. The van der Waals surface area contributed by atoms with Crippen molar-refractivity contribution in [3.8, 4) is 5.75 Å². The van der Waals surface area contributed by atoms with E-state index in [1.54, 1.807) is 24.3 Å². The zero-order valence-electron chi connectivity index (χ0n) is 12.3. The van der Waals surface area contributed by atoms with Gasteiger partial charge < -0.3 is 9.15 Å². The van der Waals surface area contributed by atoms with Crippen molar-refractivity contribution in [1.29, 1.82) is 0 Å². The molecule has 0 aliphatic rings. The van der Waals surface area contributed by atoms with Crippen LogP contribution in [0, 0.1) is 13.8 Å². The molecule has 0 saturated carbocycles. The summed E-state index contributed by atoms with van der Waals surface area (Å²) in [7, 11) is 0. The maximum atomic E-state index is 12.2. The fourth-order valence-corrected chi connectivity index (χ4v) is 2.27. The van der Waals surface area contributed by atoms with Gasteiger partial charge in [0.05, 0.1) is 0 Å². The van der Waals surface area contributed by atoms with E-state index >= 15 is 0 Å². The van der Waals surface area contributed by atoms with Crippen LogP contribution in [0.4, 0.5) is 0 Å². The molecule has 1 aromatic heterocycles. The Morgan fingerprint density at radius 2 is 1.82 bits per heavy atom. The number of benzene rings is 2. The van der Waals surface area contributed by atoms with E-state index in [0.717, 1.165) is 11.1 Å². The molecule has 0 fully saturated rings. The van der Waals surface area contributed by atoms with Gasteiger partial charge in [0, 0.05) is 5.39 Å². The van der Waals surface area contributed by atoms with Gasteiger partial charge in [-0.1, -0.05) is 35.9 Å². The molecule has 0 saturated heterocycles. The maximum Gasteiger partial charge on any atom is 0.351 e. The molecule has 1 heterocycles. The first-order valence-electron chi connectivity index (χ1n) is 6.87. The van der Waals surface area contributed by atoms with E-state index in [4.69, 9.17) is 9.15 Å². The predicted octanol–water partition coefficient (Wildman–Crippen LogP) is 3.63. The Kier molecular flexibility index (Phi) is 3.51. The number of ether oxygens (including phenoxy) is 1. The molecular weight excluding hydrogens is 280 g/mol. The second-order valence-corrected chi connectivity index (χ2v) is 5.14. The lowest BCUT2D eigenvalue weighted by atomic mass is 10.1. The fourth-order valence-electron chi connectivity index (χ4n) is 2.27. The van der Waals surface area contributed by atoms with E-state index in [-0.39, 0.29) is 5.56 Å². The zero-order valence-corrected chi connectivity index (χ0v) is 12.3. The van der Waals surface area contributed by atoms with E-state index in [9.17, 15) is 9.59 Å². The molecule has 4 heteroatoms. The number of carbonyl (C=O) groups excluding carboxylic acids is 1. The van der Waals surface area contributed by atoms with Crippen molar-refractivity contribution in [3.63, 3.8) is 0 Å². The summed E-state index contributed by atoms with van der Waals surface area (Å²) in [6.45, 7) is 3.80. The second-order valence-electron chi connectivity index (χ2n) is 5.14. The predicted molar refractivity (Wildman–Crippen MR) is 83.4 cm³/mol. The fraction of sp³-hybridized carbons (Fsp3) is 0.111. The Bertz CT molecular complexity index is 922. The number of hydrogen-bond donors (Lipinski definition) is 0. The van der Waals surface area contributed by atoms with Gasteiger partial charge in [-0.15, -0.1) is 0 Å². The second kappa shape index (κ2) is 5.48. The van der Waals surface area contributed by atoms with Gasteiger partial charge in [-0.3, -0.25) is 0 Å². The van der Waals surface area contributed by atoms with Crippen molar-refractivity contribution in [3.05, 3.63) is 75.6 Å². The van der Waals surface area contributed by atoms with Gasteiger partial charge in [0.25, 0.3) is 0 Å². The van der Waals surface area contributed by atoms with Crippen LogP contribution in [-0.2, 0) is 0 Å². The normalized spacial score (nSPS) is 10.6. The van der Waals surface area contributed by atoms with Crippen LogP contribution in [0.25, 0.3) is 11.0 Å². The minimum absolute atomic E-state index is 0.112. The van der Waals surface area contributed by atoms with E-state index in [0.29, 0.717) is 16.7 Å². The Hall–Kier alpha value is -2.88. The highest BCUT2D eigenvalue weighted by Crippen LogP contribution is 2.20. The average Bonchev–Trinajstić information content (AvgIpc) is 2.49. The lowest BCUT2D eigenvalue weighted by molar-refractivity contribution is 0.0729. The van der Waals surface area contributed by atoms with E-state index in [1.807, 2.05) is 32.0 Å². The summed E-state index contributed by atoms with van der Waals surface area (Å²) in [5.41, 5.74) is 1.53. The Labute approximate surface area is 127 Å². The summed E-state index contributed by atoms with van der Waals surface area (Å²) >= 11 is 0. The molecule has 0 amide bonds. The van der Waals surface area contributed by atoms with Gasteiger partial charge in [-0.25, -0.2) is 9.59 Å². The summed E-state index contributed by atoms with van der Waals surface area (Å²) in [5.74, 6) is -0.283. The van der Waals surface area contributed by atoms with Crippen LogP contribution in [-0.4, -0.2) is 5.97 Å². The molecule has 4 nitrogen and oxygen atoms in total. The molecule has 0 bridgehead atoms. The topological polar surface area (TPSA) is 56.5 Å². The lowest BCUT2D eigenvalue weighted by Gasteiger charge is -2.07. The number of carbonyl (C=O) groups is 1. The van der Waals surface area contributed by atoms with Crippen molar-refractivity contribution in [2.45, 2.75) is 13.8 Å². The monoisotopic (exact) mass is 294 g/mol. The summed E-state index contributed by atoms with van der Waals surface area (Å²) in [6.07, 6.45) is 0. The third-order valence-corrected chi connectivity index (χ3v) is 3.39. The number of rotatable bonds is 2. The summed E-state index contributed by atoms with van der Waals surface area (Å²) < 4.78 is 10.5. The smallest absolute Gasteiger partial charge is 0.351 e. The number of fused-ring (bicyclic) bond motifs is 1. The highest BCUT2D eigenvalue weighted by atomic mass is 16.5. The standard InChI is InChI=1S/C18H14O4/c1-11-7-8-15(12(2)9-11)21-17(19)14-10-13-5-3-4-6-16(13)22-18(14)20/h3-10H,1-2H3. The molecular formula is C18H14O4. The van der Waals surface area contributed by atoms with Crippen LogP contribution < -0.4 is 10.4 Å². The van der Waals surface area contributed by atoms with Gasteiger partial charge in [0.1, 0.15) is 16.9 Å². The van der Waals surface area contributed by atoms with Gasteiger partial charge in [0.2, 0.25) is 0 Å². The van der Waals surface area contributed by atoms with Crippen LogP contribution in [0.3, 0.4) is 0 Å². The average molecular weight is 294 g/mol. The molecule has 22 heavy (non-hydrogen) atoms. The van der Waals surface area contributed by atoms with Gasteiger partial charge in [0.15, 0.2) is 0 Å². The largest absolute Gasteiger partial charge is 0.422 e. The molecule has 0 radical (unpaired) electrons. The quantitative estimate of drug-likeness (QED) is 0.411. The first kappa shape index (κ1) is 14.1. The summed E-state index contributed by atoms with van der Waals surface area (Å²) in [4.78, 5) is 24.2. The van der Waals surface area contributed by atoms with Crippen molar-refractivity contribution in [2.24, 2.45) is 0 Å². The molecule has 0 atom stereocenters. The SMILES string of the molecule is Cc1ccc(OC(=O)c2cc3ccccc3oc2=O)c(C)c1. The Morgan fingerprint density at radius 3 is 2.59 bits per heavy atom. The van der Waals surface area contributed by atoms with Crippen molar-refractivity contribution < 1.29 is 13.9 Å². The number of hydrogen-bond acceptors (Lipinski definition) is 4. The van der Waals surface area contributed by atoms with E-state index in [2.05, 4.69) is 0 Å². The van der Waals surface area contributed by atoms with E-state index < -0.39 is 11.6 Å². The van der Waals surface area contributed by atoms with E-state index in [1.165, 1.54) is 6.07 Å². The van der Waals surface area contributed by atoms with Crippen LogP contribution in [0.1, 0.15) is 21.5 Å². The zero-order chi connectivity index (χ0) is 15.7. The molecule has 0 aliphatic carbocycles. The van der Waals surface area contributed by atoms with Crippen LogP contribution in [0.5, 0.6) is 5.75 Å². The summed E-state index contributed by atoms with van der Waals surface area (Å²) in [6, 6.07) is 14.0. The molecule has 110 valence electrons. The third-order valence-electron chi connectivity index (χ3n) is 3.39. The molecule has 0 unspecified atom stereocenters. The minimum atomic E-state index is -0.716. The van der Waals surface area contributed by atoms with Gasteiger partial charge in [-0.2, -0.15) is 0 Å². The first-order chi connectivity index (χ1) is 10.5. The van der Waals surface area contributed by atoms with Crippen LogP contribution in [0.2, 0.25) is 0 Å². The van der Waals surface area contributed by atoms with Crippen LogP contribution in [0.15, 0.2) is 57.7 Å². The van der Waals surface area contributed by atoms with Gasteiger partial charge >= 0.3 is 11.6 Å². The van der Waals surface area contributed by atoms with Gasteiger partial charge in [-0.05, 0) is 37.6 Å². The maximum absolute atomic E-state index is 12.2. The van der Waals surface area contributed by atoms with Crippen molar-refractivity contribution in [1.82, 2.24) is 0 Å². The summed E-state index contributed by atoms with van der Waals surface area (Å²) in [5, 5.41) is 0.676. The molecule has 2 aromatic carbocycles. The number of esters is 1. The molecule has 0 spiro atoms. The molecule has 0 aliphatic heterocycles. The minimum Gasteiger partial charge on any atom is -0.422 e. The third kappa shape index (κ3) is 2.63. The number of para-hydroxylation sites is 1. The Balaban J connectivity index is 1.98. The number of aryl methyl sites for hydroxylation is 2. The van der Waals surface area contributed by atoms with Crippen LogP contribution >= 0.6 is 0 Å². The van der Waals surface area contributed by atoms with Crippen molar-refractivity contribution in [2.75, 3.05) is 0 Å². The Morgan fingerprint density at radius 1 is 1.05 bits per heavy atom. The molecule has 3 rings (SSSR count). The van der Waals surface area contributed by atoms with Crippen molar-refractivity contribution >= 4 is 16.9 Å². The molecule has 3 aromatic rings. The first-order valence-corrected chi connectivity index (χ1v) is 6.87. The lowest BCUT2D eigenvalue weighted by Crippen LogP contribution is -2.19.